The summed E-state index contributed by atoms with van der Waals surface area (Å²) in [4.78, 5) is 0. The number of ether oxygens (including phenoxy) is 1. The van der Waals surface area contributed by atoms with Gasteiger partial charge in [-0.15, -0.1) is 0 Å². The SMILES string of the molecule is CCCCCCCCNCc1cc(Cl)ccc1OCc1ccc(Cl)cc1. The molecule has 0 fully saturated rings. The summed E-state index contributed by atoms with van der Waals surface area (Å²) in [6.07, 6.45) is 7.85. The van der Waals surface area contributed by atoms with Crippen LogP contribution in [0.25, 0.3) is 0 Å². The highest BCUT2D eigenvalue weighted by Gasteiger charge is 2.06. The monoisotopic (exact) mass is 393 g/mol. The van der Waals surface area contributed by atoms with E-state index in [0.29, 0.717) is 6.61 Å². The van der Waals surface area contributed by atoms with Gasteiger partial charge in [-0.3, -0.25) is 0 Å². The van der Waals surface area contributed by atoms with E-state index in [1.54, 1.807) is 0 Å². The summed E-state index contributed by atoms with van der Waals surface area (Å²) in [5.41, 5.74) is 2.19. The molecule has 0 aliphatic carbocycles. The Morgan fingerprint density at radius 3 is 2.31 bits per heavy atom. The molecule has 0 saturated heterocycles. The Kier molecular flexibility index (Phi) is 9.91. The summed E-state index contributed by atoms with van der Waals surface area (Å²) in [5.74, 6) is 0.875. The minimum Gasteiger partial charge on any atom is -0.489 e. The number of hydrogen-bond donors (Lipinski definition) is 1. The van der Waals surface area contributed by atoms with Crippen LogP contribution in [0.4, 0.5) is 0 Å². The molecule has 0 radical (unpaired) electrons. The van der Waals surface area contributed by atoms with E-state index >= 15 is 0 Å². The molecule has 2 nitrogen and oxygen atoms in total. The van der Waals surface area contributed by atoms with E-state index in [-0.39, 0.29) is 0 Å². The largest absolute Gasteiger partial charge is 0.489 e. The molecule has 2 rings (SSSR count). The third kappa shape index (κ3) is 7.99. The quantitative estimate of drug-likeness (QED) is 0.391. The van der Waals surface area contributed by atoms with Crippen LogP contribution in [0.3, 0.4) is 0 Å². The Bertz CT molecular complexity index is 643. The zero-order valence-corrected chi connectivity index (χ0v) is 17.1. The van der Waals surface area contributed by atoms with Gasteiger partial charge >= 0.3 is 0 Å². The second-order valence-corrected chi connectivity index (χ2v) is 7.48. The molecule has 0 aliphatic rings. The van der Waals surface area contributed by atoms with Crippen molar-refractivity contribution in [3.05, 3.63) is 63.6 Å². The average Bonchev–Trinajstić information content (AvgIpc) is 2.64. The van der Waals surface area contributed by atoms with Crippen LogP contribution < -0.4 is 10.1 Å². The lowest BCUT2D eigenvalue weighted by Gasteiger charge is -2.13. The lowest BCUT2D eigenvalue weighted by atomic mass is 10.1. The standard InChI is InChI=1S/C22H29Cl2NO/c1-2-3-4-5-6-7-14-25-16-19-15-21(24)12-13-22(19)26-17-18-8-10-20(23)11-9-18/h8-13,15,25H,2-7,14,16-17H2,1H3. The summed E-state index contributed by atoms with van der Waals surface area (Å²) < 4.78 is 6.00. The number of nitrogens with one attached hydrogen (secondary N) is 1. The molecular formula is C22H29Cl2NO. The lowest BCUT2D eigenvalue weighted by Crippen LogP contribution is -2.15. The van der Waals surface area contributed by atoms with E-state index in [1.807, 2.05) is 42.5 Å². The van der Waals surface area contributed by atoms with Gasteiger partial charge in [0.15, 0.2) is 0 Å². The highest BCUT2D eigenvalue weighted by Crippen LogP contribution is 2.24. The third-order valence-electron chi connectivity index (χ3n) is 4.35. The van der Waals surface area contributed by atoms with E-state index in [9.17, 15) is 0 Å². The summed E-state index contributed by atoms with van der Waals surface area (Å²) in [7, 11) is 0. The average molecular weight is 394 g/mol. The maximum absolute atomic E-state index is 6.16. The summed E-state index contributed by atoms with van der Waals surface area (Å²) in [6, 6.07) is 13.5. The van der Waals surface area contributed by atoms with Gasteiger partial charge in [-0.25, -0.2) is 0 Å². The molecule has 0 unspecified atom stereocenters. The van der Waals surface area contributed by atoms with Crippen LogP contribution in [0.15, 0.2) is 42.5 Å². The lowest BCUT2D eigenvalue weighted by molar-refractivity contribution is 0.302. The molecule has 0 aliphatic heterocycles. The van der Waals surface area contributed by atoms with E-state index in [0.717, 1.165) is 40.0 Å². The first-order valence-corrected chi connectivity index (χ1v) is 10.3. The minimum atomic E-state index is 0.517. The van der Waals surface area contributed by atoms with E-state index in [2.05, 4.69) is 12.2 Å². The van der Waals surface area contributed by atoms with Crippen molar-refractivity contribution < 1.29 is 4.74 Å². The number of benzene rings is 2. The summed E-state index contributed by atoms with van der Waals surface area (Å²) >= 11 is 12.1. The minimum absolute atomic E-state index is 0.517. The highest BCUT2D eigenvalue weighted by atomic mass is 35.5. The van der Waals surface area contributed by atoms with Crippen LogP contribution in [0, 0.1) is 0 Å². The van der Waals surface area contributed by atoms with E-state index < -0.39 is 0 Å². The maximum atomic E-state index is 6.16. The molecule has 0 saturated carbocycles. The van der Waals surface area contributed by atoms with Crippen LogP contribution in [0.2, 0.25) is 10.0 Å². The van der Waals surface area contributed by atoms with E-state index in [4.69, 9.17) is 27.9 Å². The molecule has 0 amide bonds. The van der Waals surface area contributed by atoms with Gasteiger partial charge in [0.1, 0.15) is 12.4 Å². The van der Waals surface area contributed by atoms with Gasteiger partial charge in [0.25, 0.3) is 0 Å². The van der Waals surface area contributed by atoms with E-state index in [1.165, 1.54) is 38.5 Å². The van der Waals surface area contributed by atoms with Gasteiger partial charge in [0.2, 0.25) is 0 Å². The Balaban J connectivity index is 1.78. The van der Waals surface area contributed by atoms with Crippen molar-refractivity contribution in [2.45, 2.75) is 58.6 Å². The van der Waals surface area contributed by atoms with Crippen LogP contribution in [0.1, 0.15) is 56.6 Å². The first-order valence-electron chi connectivity index (χ1n) is 9.55. The Hall–Kier alpha value is -1.22. The van der Waals surface area contributed by atoms with Gasteiger partial charge in [-0.1, -0.05) is 74.4 Å². The molecule has 2 aromatic carbocycles. The third-order valence-corrected chi connectivity index (χ3v) is 4.84. The van der Waals surface area contributed by atoms with Crippen LogP contribution in [-0.4, -0.2) is 6.54 Å². The van der Waals surface area contributed by atoms with Crippen molar-refractivity contribution in [2.75, 3.05) is 6.54 Å². The molecule has 0 aromatic heterocycles. The molecule has 0 atom stereocenters. The second-order valence-electron chi connectivity index (χ2n) is 6.61. The molecule has 4 heteroatoms. The molecular weight excluding hydrogens is 365 g/mol. The zero-order chi connectivity index (χ0) is 18.6. The fraction of sp³-hybridized carbons (Fsp3) is 0.455. The Morgan fingerprint density at radius 1 is 0.846 bits per heavy atom. The summed E-state index contributed by atoms with van der Waals surface area (Å²) in [6.45, 7) is 4.56. The zero-order valence-electron chi connectivity index (χ0n) is 15.6. The van der Waals surface area contributed by atoms with Gasteiger partial charge in [-0.2, -0.15) is 0 Å². The summed E-state index contributed by atoms with van der Waals surface area (Å²) in [5, 5.41) is 4.98. The van der Waals surface area contributed by atoms with Crippen LogP contribution in [-0.2, 0) is 13.2 Å². The number of rotatable bonds is 12. The first kappa shape index (κ1) is 21.1. The topological polar surface area (TPSA) is 21.3 Å². The van der Waals surface area contributed by atoms with Gasteiger partial charge in [0, 0.05) is 22.2 Å². The number of unbranched alkanes of at least 4 members (excludes halogenated alkanes) is 5. The molecule has 0 heterocycles. The predicted octanol–water partition coefficient (Wildman–Crippen LogP) is 7.02. The van der Waals surface area contributed by atoms with Crippen molar-refractivity contribution in [3.8, 4) is 5.75 Å². The first-order chi connectivity index (χ1) is 12.7. The van der Waals surface area contributed by atoms with Crippen LogP contribution in [0.5, 0.6) is 5.75 Å². The number of halogens is 2. The van der Waals surface area contributed by atoms with Gasteiger partial charge in [0.05, 0.1) is 0 Å². The van der Waals surface area contributed by atoms with Crippen molar-refractivity contribution in [1.82, 2.24) is 5.32 Å². The molecule has 26 heavy (non-hydrogen) atoms. The normalized spacial score (nSPS) is 10.9. The fourth-order valence-electron chi connectivity index (χ4n) is 2.82. The molecule has 1 N–H and O–H groups in total. The van der Waals surface area contributed by atoms with Gasteiger partial charge < -0.3 is 10.1 Å². The van der Waals surface area contributed by atoms with Crippen molar-refractivity contribution in [2.24, 2.45) is 0 Å². The smallest absolute Gasteiger partial charge is 0.124 e. The van der Waals surface area contributed by atoms with Gasteiger partial charge in [-0.05, 0) is 48.9 Å². The Labute approximate surface area is 167 Å². The van der Waals surface area contributed by atoms with Crippen molar-refractivity contribution in [3.63, 3.8) is 0 Å². The molecule has 142 valence electrons. The highest BCUT2D eigenvalue weighted by molar-refractivity contribution is 6.30. The number of hydrogen-bond acceptors (Lipinski definition) is 2. The van der Waals surface area contributed by atoms with Crippen molar-refractivity contribution >= 4 is 23.2 Å². The maximum Gasteiger partial charge on any atom is 0.124 e. The van der Waals surface area contributed by atoms with Crippen molar-refractivity contribution in [1.29, 1.82) is 0 Å². The second kappa shape index (κ2) is 12.2. The molecule has 0 bridgehead atoms. The predicted molar refractivity (Wildman–Crippen MR) is 112 cm³/mol. The van der Waals surface area contributed by atoms with Crippen LogP contribution >= 0.6 is 23.2 Å². The molecule has 2 aromatic rings. The Morgan fingerprint density at radius 2 is 1.54 bits per heavy atom. The fourth-order valence-corrected chi connectivity index (χ4v) is 3.14. The molecule has 0 spiro atoms.